The average molecular weight is 334 g/mol. The molecule has 0 saturated heterocycles. The Morgan fingerprint density at radius 1 is 1.50 bits per heavy atom. The van der Waals surface area contributed by atoms with E-state index in [9.17, 15) is 13.9 Å². The Bertz CT molecular complexity index is 763. The first-order chi connectivity index (χ1) is 10.4. The van der Waals surface area contributed by atoms with Gasteiger partial charge in [0.1, 0.15) is 10.6 Å². The van der Waals surface area contributed by atoms with E-state index >= 15 is 0 Å². The van der Waals surface area contributed by atoms with E-state index in [1.54, 1.807) is 25.3 Å². The van der Waals surface area contributed by atoms with Gasteiger partial charge in [-0.15, -0.1) is 11.3 Å². The van der Waals surface area contributed by atoms with Crippen LogP contribution >= 0.6 is 11.3 Å². The molecule has 116 valence electrons. The first-order valence-electron chi connectivity index (χ1n) is 6.99. The fourth-order valence-electron chi connectivity index (χ4n) is 2.65. The van der Waals surface area contributed by atoms with Crippen LogP contribution in [0.25, 0.3) is 16.0 Å². The minimum atomic E-state index is -2.32. The number of rotatable bonds is 4. The third-order valence-corrected chi connectivity index (χ3v) is 5.91. The number of nitrogens with zero attached hydrogens (tertiary/aromatic N) is 1. The number of aliphatic hydroxyl groups is 1. The smallest absolute Gasteiger partial charge is 0.125 e. The van der Waals surface area contributed by atoms with Gasteiger partial charge in [0.05, 0.1) is 4.88 Å². The van der Waals surface area contributed by atoms with Gasteiger partial charge < -0.3 is 9.66 Å². The fourth-order valence-corrected chi connectivity index (χ4v) is 4.39. The summed E-state index contributed by atoms with van der Waals surface area (Å²) in [7, 11) is 0. The third-order valence-electron chi connectivity index (χ3n) is 3.98. The standard InChI is InChI=1S/C16H17NO3S2/c1-10(2)14-11(5-3-6-13(14)22(19)20)12-9-17-15(21-12)16(18)7-4-8-16/h3,5-6,9,18H,1,4,7-8H2,2H3,(H,19,20)/p-1. The van der Waals surface area contributed by atoms with E-state index in [4.69, 9.17) is 0 Å². The zero-order valence-electron chi connectivity index (χ0n) is 12.2. The summed E-state index contributed by atoms with van der Waals surface area (Å²) in [5.74, 6) is 0. The van der Waals surface area contributed by atoms with Crippen molar-refractivity contribution < 1.29 is 13.9 Å². The van der Waals surface area contributed by atoms with Gasteiger partial charge in [-0.05, 0) is 48.9 Å². The molecule has 1 fully saturated rings. The molecule has 1 heterocycles. The maximum atomic E-state index is 11.4. The SMILES string of the molecule is C=C(C)c1c(-c2cnc(C3(O)CCC3)s2)cccc1S(=O)[O-]. The van der Waals surface area contributed by atoms with Crippen LogP contribution in [0.5, 0.6) is 0 Å². The highest BCUT2D eigenvalue weighted by atomic mass is 32.2. The second-order valence-electron chi connectivity index (χ2n) is 5.61. The Morgan fingerprint density at radius 3 is 2.77 bits per heavy atom. The Hall–Kier alpha value is -1.34. The molecule has 1 saturated carbocycles. The molecule has 0 aliphatic heterocycles. The Labute approximate surface area is 135 Å². The van der Waals surface area contributed by atoms with E-state index in [0.29, 0.717) is 16.1 Å². The number of benzene rings is 1. The summed E-state index contributed by atoms with van der Waals surface area (Å²) in [6.45, 7) is 5.69. The zero-order valence-corrected chi connectivity index (χ0v) is 13.8. The summed E-state index contributed by atoms with van der Waals surface area (Å²) in [6.07, 6.45) is 4.18. The summed E-state index contributed by atoms with van der Waals surface area (Å²) in [5.41, 5.74) is 1.30. The molecule has 1 N–H and O–H groups in total. The van der Waals surface area contributed by atoms with Crippen LogP contribution in [0.15, 0.2) is 35.9 Å². The monoisotopic (exact) mass is 334 g/mol. The van der Waals surface area contributed by atoms with Crippen LogP contribution in [0.2, 0.25) is 0 Å². The normalized spacial score (nSPS) is 17.8. The highest BCUT2D eigenvalue weighted by Crippen LogP contribution is 2.45. The van der Waals surface area contributed by atoms with Crippen LogP contribution in [0, 0.1) is 0 Å². The van der Waals surface area contributed by atoms with E-state index in [1.807, 2.05) is 6.07 Å². The molecule has 1 aliphatic carbocycles. The lowest BCUT2D eigenvalue weighted by molar-refractivity contribution is -0.0389. The topological polar surface area (TPSA) is 73.2 Å². The predicted molar refractivity (Wildman–Crippen MR) is 87.2 cm³/mol. The zero-order chi connectivity index (χ0) is 15.9. The van der Waals surface area contributed by atoms with Crippen molar-refractivity contribution in [2.24, 2.45) is 0 Å². The van der Waals surface area contributed by atoms with Gasteiger partial charge in [0, 0.05) is 22.2 Å². The molecule has 0 bridgehead atoms. The molecular formula is C16H16NO3S2-. The lowest BCUT2D eigenvalue weighted by Crippen LogP contribution is -2.33. The van der Waals surface area contributed by atoms with Crippen LogP contribution in [0.3, 0.4) is 0 Å². The van der Waals surface area contributed by atoms with Crippen LogP contribution in [-0.2, 0) is 16.7 Å². The van der Waals surface area contributed by atoms with Gasteiger partial charge in [0.2, 0.25) is 0 Å². The van der Waals surface area contributed by atoms with Gasteiger partial charge in [0.25, 0.3) is 0 Å². The maximum absolute atomic E-state index is 11.4. The molecule has 22 heavy (non-hydrogen) atoms. The number of hydrogen-bond donors (Lipinski definition) is 1. The van der Waals surface area contributed by atoms with Gasteiger partial charge in [-0.1, -0.05) is 18.7 Å². The summed E-state index contributed by atoms with van der Waals surface area (Å²) < 4.78 is 22.9. The molecule has 3 rings (SSSR count). The molecule has 0 spiro atoms. The van der Waals surface area contributed by atoms with Gasteiger partial charge in [-0.25, -0.2) is 4.98 Å². The maximum Gasteiger partial charge on any atom is 0.125 e. The van der Waals surface area contributed by atoms with Crippen molar-refractivity contribution in [3.05, 3.63) is 41.5 Å². The van der Waals surface area contributed by atoms with Crippen molar-refractivity contribution in [1.29, 1.82) is 0 Å². The van der Waals surface area contributed by atoms with E-state index in [0.717, 1.165) is 29.7 Å². The highest BCUT2D eigenvalue weighted by Gasteiger charge is 2.39. The number of aromatic nitrogens is 1. The molecule has 6 heteroatoms. The van der Waals surface area contributed by atoms with Crippen molar-refractivity contribution in [3.63, 3.8) is 0 Å². The summed E-state index contributed by atoms with van der Waals surface area (Å²) in [4.78, 5) is 5.43. The fraction of sp³-hybridized carbons (Fsp3) is 0.312. The molecule has 4 nitrogen and oxygen atoms in total. The third kappa shape index (κ3) is 2.56. The average Bonchev–Trinajstić information content (AvgIpc) is 2.93. The second kappa shape index (κ2) is 5.70. The van der Waals surface area contributed by atoms with Crippen LogP contribution in [0.1, 0.15) is 36.8 Å². The molecule has 1 atom stereocenters. The minimum absolute atomic E-state index is 0.238. The lowest BCUT2D eigenvalue weighted by atomic mass is 9.81. The largest absolute Gasteiger partial charge is 0.768 e. The Kier molecular flexibility index (Phi) is 4.03. The number of allylic oxidation sites excluding steroid dienone is 1. The van der Waals surface area contributed by atoms with Crippen molar-refractivity contribution in [2.45, 2.75) is 36.7 Å². The molecule has 1 aliphatic rings. The molecule has 0 amide bonds. The van der Waals surface area contributed by atoms with E-state index in [2.05, 4.69) is 11.6 Å². The quantitative estimate of drug-likeness (QED) is 0.869. The summed E-state index contributed by atoms with van der Waals surface area (Å²) >= 11 is -0.904. The Balaban J connectivity index is 2.10. The predicted octanol–water partition coefficient (Wildman–Crippen LogP) is 3.45. The van der Waals surface area contributed by atoms with E-state index in [1.165, 1.54) is 11.3 Å². The number of hydrogen-bond acceptors (Lipinski definition) is 5. The van der Waals surface area contributed by atoms with Crippen LogP contribution in [-0.4, -0.2) is 18.9 Å². The van der Waals surface area contributed by atoms with Crippen molar-refractivity contribution in [1.82, 2.24) is 4.98 Å². The Morgan fingerprint density at radius 2 is 2.23 bits per heavy atom. The summed E-state index contributed by atoms with van der Waals surface area (Å²) in [6, 6.07) is 5.14. The highest BCUT2D eigenvalue weighted by molar-refractivity contribution is 7.79. The molecule has 1 aromatic carbocycles. The molecule has 0 radical (unpaired) electrons. The van der Waals surface area contributed by atoms with Gasteiger partial charge >= 0.3 is 0 Å². The van der Waals surface area contributed by atoms with Crippen molar-refractivity contribution in [3.8, 4) is 10.4 Å². The first kappa shape index (κ1) is 15.6. The van der Waals surface area contributed by atoms with Crippen molar-refractivity contribution in [2.75, 3.05) is 0 Å². The lowest BCUT2D eigenvalue weighted by Gasteiger charge is -2.34. The van der Waals surface area contributed by atoms with Gasteiger partial charge in [-0.2, -0.15) is 0 Å². The molecule has 1 aromatic heterocycles. The van der Waals surface area contributed by atoms with E-state index < -0.39 is 16.7 Å². The first-order valence-corrected chi connectivity index (χ1v) is 8.89. The van der Waals surface area contributed by atoms with Crippen LogP contribution in [0.4, 0.5) is 0 Å². The molecule has 2 aromatic rings. The minimum Gasteiger partial charge on any atom is -0.768 e. The van der Waals surface area contributed by atoms with Crippen molar-refractivity contribution >= 4 is 28.0 Å². The molecule has 1 unspecified atom stereocenters. The number of thiazole rings is 1. The van der Waals surface area contributed by atoms with Crippen LogP contribution < -0.4 is 0 Å². The summed E-state index contributed by atoms with van der Waals surface area (Å²) in [5, 5.41) is 11.1. The van der Waals surface area contributed by atoms with E-state index in [-0.39, 0.29) is 4.90 Å². The van der Waals surface area contributed by atoms with Gasteiger partial charge in [0.15, 0.2) is 0 Å². The van der Waals surface area contributed by atoms with Gasteiger partial charge in [-0.3, -0.25) is 4.21 Å². The molecular weight excluding hydrogens is 318 g/mol. The second-order valence-corrected chi connectivity index (χ2v) is 7.55.